The van der Waals surface area contributed by atoms with Crippen LogP contribution in [0.15, 0.2) is 18.2 Å². The van der Waals surface area contributed by atoms with Gasteiger partial charge in [-0.3, -0.25) is 14.9 Å². The average molecular weight is 261 g/mol. The largest absolute Gasteiger partial charge is 0.336 e. The molecule has 100 valence electrons. The lowest BCUT2D eigenvalue weighted by molar-refractivity contribution is -0.385. The third-order valence-corrected chi connectivity index (χ3v) is 2.71. The summed E-state index contributed by atoms with van der Waals surface area (Å²) in [6.07, 6.45) is 1.32. The SMILES string of the molecule is CCCC(C#N)NC(=O)c1ccc(C)c([N+](=O)[O-])c1. The fraction of sp³-hybridized carbons (Fsp3) is 0.385. The van der Waals surface area contributed by atoms with Crippen LogP contribution in [0.3, 0.4) is 0 Å². The lowest BCUT2D eigenvalue weighted by Crippen LogP contribution is -2.33. The van der Waals surface area contributed by atoms with Crippen molar-refractivity contribution in [1.29, 1.82) is 5.26 Å². The Labute approximate surface area is 111 Å². The molecule has 1 aromatic rings. The molecule has 0 aliphatic heterocycles. The van der Waals surface area contributed by atoms with Crippen LogP contribution in [0.2, 0.25) is 0 Å². The highest BCUT2D eigenvalue weighted by Gasteiger charge is 2.17. The van der Waals surface area contributed by atoms with E-state index in [9.17, 15) is 14.9 Å². The van der Waals surface area contributed by atoms with Crippen LogP contribution in [0.5, 0.6) is 0 Å². The first-order valence-corrected chi connectivity index (χ1v) is 5.95. The second-order valence-electron chi connectivity index (χ2n) is 4.20. The molecule has 0 heterocycles. The molecule has 0 radical (unpaired) electrons. The van der Waals surface area contributed by atoms with Crippen LogP contribution >= 0.6 is 0 Å². The van der Waals surface area contributed by atoms with Crippen molar-refractivity contribution in [3.8, 4) is 6.07 Å². The van der Waals surface area contributed by atoms with Gasteiger partial charge in [0.25, 0.3) is 11.6 Å². The topological polar surface area (TPSA) is 96.0 Å². The molecule has 0 aliphatic carbocycles. The molecule has 6 nitrogen and oxygen atoms in total. The Morgan fingerprint density at radius 2 is 2.26 bits per heavy atom. The van der Waals surface area contributed by atoms with Crippen LogP contribution < -0.4 is 5.32 Å². The van der Waals surface area contributed by atoms with E-state index in [4.69, 9.17) is 5.26 Å². The van der Waals surface area contributed by atoms with Gasteiger partial charge in [-0.1, -0.05) is 19.4 Å². The minimum Gasteiger partial charge on any atom is -0.336 e. The Morgan fingerprint density at radius 3 is 2.79 bits per heavy atom. The zero-order valence-corrected chi connectivity index (χ0v) is 10.8. The van der Waals surface area contributed by atoms with Gasteiger partial charge in [0.05, 0.1) is 11.0 Å². The lowest BCUT2D eigenvalue weighted by atomic mass is 10.1. The second-order valence-corrected chi connectivity index (χ2v) is 4.20. The molecule has 0 saturated carbocycles. The van der Waals surface area contributed by atoms with Gasteiger partial charge in [-0.25, -0.2) is 0 Å². The third kappa shape index (κ3) is 3.78. The van der Waals surface area contributed by atoms with Gasteiger partial charge >= 0.3 is 0 Å². The number of hydrogen-bond donors (Lipinski definition) is 1. The van der Waals surface area contributed by atoms with E-state index in [1.807, 2.05) is 13.0 Å². The van der Waals surface area contributed by atoms with Crippen molar-refractivity contribution >= 4 is 11.6 Å². The molecule has 0 aromatic heterocycles. The van der Waals surface area contributed by atoms with E-state index in [2.05, 4.69) is 5.32 Å². The summed E-state index contributed by atoms with van der Waals surface area (Å²) in [7, 11) is 0. The molecule has 1 rings (SSSR count). The van der Waals surface area contributed by atoms with Gasteiger partial charge in [-0.15, -0.1) is 0 Å². The normalized spacial score (nSPS) is 11.4. The summed E-state index contributed by atoms with van der Waals surface area (Å²) >= 11 is 0. The number of amides is 1. The van der Waals surface area contributed by atoms with Gasteiger partial charge in [0.2, 0.25) is 0 Å². The Balaban J connectivity index is 2.92. The van der Waals surface area contributed by atoms with Crippen molar-refractivity contribution in [3.63, 3.8) is 0 Å². The summed E-state index contributed by atoms with van der Waals surface area (Å²) in [6.45, 7) is 3.52. The summed E-state index contributed by atoms with van der Waals surface area (Å²) in [4.78, 5) is 22.2. The van der Waals surface area contributed by atoms with E-state index in [-0.39, 0.29) is 11.3 Å². The number of rotatable bonds is 5. The van der Waals surface area contributed by atoms with Gasteiger partial charge in [0, 0.05) is 17.2 Å². The van der Waals surface area contributed by atoms with E-state index in [0.717, 1.165) is 6.42 Å². The van der Waals surface area contributed by atoms with E-state index < -0.39 is 16.9 Å². The lowest BCUT2D eigenvalue weighted by Gasteiger charge is -2.10. The van der Waals surface area contributed by atoms with Crippen LogP contribution in [0, 0.1) is 28.4 Å². The number of aryl methyl sites for hydroxylation is 1. The molecular weight excluding hydrogens is 246 g/mol. The first kappa shape index (κ1) is 14.6. The van der Waals surface area contributed by atoms with Crippen molar-refractivity contribution in [3.05, 3.63) is 39.4 Å². The highest BCUT2D eigenvalue weighted by molar-refractivity contribution is 5.95. The molecule has 1 unspecified atom stereocenters. The zero-order valence-electron chi connectivity index (χ0n) is 10.8. The number of hydrogen-bond acceptors (Lipinski definition) is 4. The quantitative estimate of drug-likeness (QED) is 0.649. The predicted octanol–water partition coefficient (Wildman–Crippen LogP) is 2.33. The molecule has 0 bridgehead atoms. The van der Waals surface area contributed by atoms with Crippen molar-refractivity contribution in [2.45, 2.75) is 32.7 Å². The number of carbonyl (C=O) groups is 1. The maximum absolute atomic E-state index is 11.9. The van der Waals surface area contributed by atoms with Crippen molar-refractivity contribution in [2.24, 2.45) is 0 Å². The molecule has 1 aromatic carbocycles. The first-order valence-electron chi connectivity index (χ1n) is 5.95. The molecule has 1 amide bonds. The van der Waals surface area contributed by atoms with Crippen LogP contribution in [-0.4, -0.2) is 16.9 Å². The smallest absolute Gasteiger partial charge is 0.273 e. The number of nitro groups is 1. The predicted molar refractivity (Wildman–Crippen MR) is 69.6 cm³/mol. The molecule has 1 atom stereocenters. The molecule has 0 aliphatic rings. The standard InChI is InChI=1S/C13H15N3O3/c1-3-4-11(8-14)15-13(17)10-6-5-9(2)12(7-10)16(18)19/h5-7,11H,3-4H2,1-2H3,(H,15,17). The molecular formula is C13H15N3O3. The number of nitro benzene ring substituents is 1. The highest BCUT2D eigenvalue weighted by Crippen LogP contribution is 2.19. The van der Waals surface area contributed by atoms with Crippen molar-refractivity contribution in [1.82, 2.24) is 5.32 Å². The minimum atomic E-state index is -0.571. The van der Waals surface area contributed by atoms with E-state index in [0.29, 0.717) is 12.0 Å². The van der Waals surface area contributed by atoms with Crippen LogP contribution in [0.25, 0.3) is 0 Å². The van der Waals surface area contributed by atoms with Crippen LogP contribution in [0.1, 0.15) is 35.7 Å². The minimum absolute atomic E-state index is 0.100. The summed E-state index contributed by atoms with van der Waals surface area (Å²) in [5, 5.41) is 22.2. The number of nitrogens with zero attached hydrogens (tertiary/aromatic N) is 2. The maximum Gasteiger partial charge on any atom is 0.273 e. The van der Waals surface area contributed by atoms with Gasteiger partial charge < -0.3 is 5.32 Å². The van der Waals surface area contributed by atoms with Gasteiger partial charge in [0.15, 0.2) is 0 Å². The molecule has 0 spiro atoms. The zero-order chi connectivity index (χ0) is 14.4. The summed E-state index contributed by atoms with van der Waals surface area (Å²) < 4.78 is 0. The summed E-state index contributed by atoms with van der Waals surface area (Å²) in [5.74, 6) is -0.469. The highest BCUT2D eigenvalue weighted by atomic mass is 16.6. The molecule has 0 fully saturated rings. The van der Waals surface area contributed by atoms with Gasteiger partial charge in [0.1, 0.15) is 6.04 Å². The Morgan fingerprint density at radius 1 is 1.58 bits per heavy atom. The van der Waals surface area contributed by atoms with Crippen LogP contribution in [-0.2, 0) is 0 Å². The molecule has 0 saturated heterocycles. The van der Waals surface area contributed by atoms with Gasteiger partial charge in [-0.2, -0.15) is 5.26 Å². The Bertz CT molecular complexity index is 534. The number of carbonyl (C=O) groups excluding carboxylic acids is 1. The number of benzene rings is 1. The maximum atomic E-state index is 11.9. The molecule has 19 heavy (non-hydrogen) atoms. The second kappa shape index (κ2) is 6.50. The van der Waals surface area contributed by atoms with E-state index >= 15 is 0 Å². The summed E-state index contributed by atoms with van der Waals surface area (Å²) in [6, 6.07) is 5.68. The monoisotopic (exact) mass is 261 g/mol. The van der Waals surface area contributed by atoms with Crippen molar-refractivity contribution < 1.29 is 9.72 Å². The number of nitrogens with one attached hydrogen (secondary N) is 1. The average Bonchev–Trinajstić information content (AvgIpc) is 2.38. The third-order valence-electron chi connectivity index (χ3n) is 2.71. The first-order chi connectivity index (χ1) is 8.99. The Kier molecular flexibility index (Phi) is 5.01. The van der Waals surface area contributed by atoms with Gasteiger partial charge in [-0.05, 0) is 19.4 Å². The van der Waals surface area contributed by atoms with E-state index in [1.165, 1.54) is 18.2 Å². The molecule has 1 N–H and O–H groups in total. The molecule has 6 heteroatoms. The number of nitriles is 1. The fourth-order valence-electron chi connectivity index (χ4n) is 1.65. The van der Waals surface area contributed by atoms with Crippen molar-refractivity contribution in [2.75, 3.05) is 0 Å². The van der Waals surface area contributed by atoms with Crippen LogP contribution in [0.4, 0.5) is 5.69 Å². The van der Waals surface area contributed by atoms with E-state index in [1.54, 1.807) is 6.92 Å². The fourth-order valence-corrected chi connectivity index (χ4v) is 1.65. The summed E-state index contributed by atoms with van der Waals surface area (Å²) in [5.41, 5.74) is 0.581. The Hall–Kier alpha value is -2.42.